The number of carbonyl (C=O) groups excluding carboxylic acids is 1. The number of hydrogen-bond acceptors (Lipinski definition) is 6. The average Bonchev–Trinajstić information content (AvgIpc) is 3.12. The van der Waals surface area contributed by atoms with Gasteiger partial charge in [0.25, 0.3) is 0 Å². The largest absolute Gasteiger partial charge is 0.352 e. The van der Waals surface area contributed by atoms with Gasteiger partial charge >= 0.3 is 0 Å². The molecule has 0 radical (unpaired) electrons. The first-order chi connectivity index (χ1) is 11.4. The predicted octanol–water partition coefficient (Wildman–Crippen LogP) is 1.18. The summed E-state index contributed by atoms with van der Waals surface area (Å²) >= 11 is 1.22. The summed E-state index contributed by atoms with van der Waals surface area (Å²) in [5, 5.41) is 10.2. The third-order valence-corrected chi connectivity index (χ3v) is 6.34. The quantitative estimate of drug-likeness (QED) is 0.770. The van der Waals surface area contributed by atoms with Crippen molar-refractivity contribution in [3.05, 3.63) is 29.8 Å². The average molecular weight is 366 g/mol. The smallest absolute Gasteiger partial charge is 0.230 e. The molecule has 0 bridgehead atoms. The maximum atomic E-state index is 11.9. The molecule has 1 aromatic heterocycles. The number of carbonyl (C=O) groups is 1. The van der Waals surface area contributed by atoms with Crippen molar-refractivity contribution in [2.75, 3.05) is 17.3 Å². The van der Waals surface area contributed by atoms with Gasteiger partial charge in [0.05, 0.1) is 17.3 Å². The molecule has 1 saturated heterocycles. The van der Waals surface area contributed by atoms with Gasteiger partial charge in [-0.05, 0) is 13.3 Å². The van der Waals surface area contributed by atoms with Gasteiger partial charge in [0.1, 0.15) is 0 Å². The van der Waals surface area contributed by atoms with E-state index in [1.54, 1.807) is 0 Å². The molecule has 9 heteroatoms. The number of nitrogens with zero attached hydrogens (tertiary/aromatic N) is 2. The van der Waals surface area contributed by atoms with Crippen molar-refractivity contribution in [3.8, 4) is 11.4 Å². The summed E-state index contributed by atoms with van der Waals surface area (Å²) in [4.78, 5) is 16.3. The van der Waals surface area contributed by atoms with E-state index in [1.807, 2.05) is 31.2 Å². The molecule has 24 heavy (non-hydrogen) atoms. The van der Waals surface area contributed by atoms with Gasteiger partial charge in [0.15, 0.2) is 15.7 Å². The van der Waals surface area contributed by atoms with E-state index in [0.29, 0.717) is 17.4 Å². The number of benzene rings is 1. The molecule has 1 amide bonds. The number of sulfone groups is 1. The SMILES string of the molecule is Cc1ccc(-c2nc(SCC(=O)N[C@@H]3CCS(=O)(=O)C3)n[nH]2)cc1. The minimum Gasteiger partial charge on any atom is -0.352 e. The highest BCUT2D eigenvalue weighted by Gasteiger charge is 2.28. The van der Waals surface area contributed by atoms with Crippen molar-refractivity contribution in [1.82, 2.24) is 20.5 Å². The van der Waals surface area contributed by atoms with Gasteiger partial charge in [-0.15, -0.1) is 5.10 Å². The van der Waals surface area contributed by atoms with Crippen LogP contribution in [0.2, 0.25) is 0 Å². The normalized spacial score (nSPS) is 19.3. The molecule has 1 atom stereocenters. The lowest BCUT2D eigenvalue weighted by atomic mass is 10.1. The van der Waals surface area contributed by atoms with Crippen LogP contribution in [0.1, 0.15) is 12.0 Å². The van der Waals surface area contributed by atoms with E-state index < -0.39 is 9.84 Å². The second-order valence-electron chi connectivity index (χ2n) is 5.79. The summed E-state index contributed by atoms with van der Waals surface area (Å²) in [6, 6.07) is 7.62. The molecule has 1 aliphatic rings. The first-order valence-corrected chi connectivity index (χ1v) is 10.3. The molecule has 3 rings (SSSR count). The standard InChI is InChI=1S/C15H18N4O3S2/c1-10-2-4-11(5-3-10)14-17-15(19-18-14)23-8-13(20)16-12-6-7-24(21,22)9-12/h2-5,12H,6-9H2,1H3,(H,16,20)(H,17,18,19)/t12-/m1/s1. The Labute approximate surface area is 144 Å². The third-order valence-electron chi connectivity index (χ3n) is 3.72. The lowest BCUT2D eigenvalue weighted by Crippen LogP contribution is -2.36. The van der Waals surface area contributed by atoms with Crippen LogP contribution in [0.25, 0.3) is 11.4 Å². The fourth-order valence-electron chi connectivity index (χ4n) is 2.46. The molecule has 0 spiro atoms. The monoisotopic (exact) mass is 366 g/mol. The Morgan fingerprint density at radius 1 is 1.38 bits per heavy atom. The number of aromatic nitrogens is 3. The highest BCUT2D eigenvalue weighted by atomic mass is 32.2. The van der Waals surface area contributed by atoms with E-state index in [9.17, 15) is 13.2 Å². The van der Waals surface area contributed by atoms with Gasteiger partial charge in [-0.3, -0.25) is 9.89 Å². The van der Waals surface area contributed by atoms with Crippen molar-refractivity contribution in [3.63, 3.8) is 0 Å². The van der Waals surface area contributed by atoms with E-state index >= 15 is 0 Å². The predicted molar refractivity (Wildman–Crippen MR) is 92.5 cm³/mol. The first-order valence-electron chi connectivity index (χ1n) is 7.53. The summed E-state index contributed by atoms with van der Waals surface area (Å²) in [5.41, 5.74) is 2.10. The van der Waals surface area contributed by atoms with Crippen LogP contribution >= 0.6 is 11.8 Å². The molecule has 2 heterocycles. The third kappa shape index (κ3) is 4.35. The van der Waals surface area contributed by atoms with Gasteiger partial charge in [-0.2, -0.15) is 0 Å². The molecule has 1 aliphatic heterocycles. The Kier molecular flexibility index (Phi) is 4.91. The number of nitrogens with one attached hydrogen (secondary N) is 2. The Balaban J connectivity index is 1.52. The summed E-state index contributed by atoms with van der Waals surface area (Å²) in [6.07, 6.45) is 0.483. The van der Waals surface area contributed by atoms with E-state index in [2.05, 4.69) is 20.5 Å². The number of aryl methyl sites for hydroxylation is 1. The van der Waals surface area contributed by atoms with Gasteiger partial charge in [0, 0.05) is 11.6 Å². The Morgan fingerprint density at radius 2 is 2.12 bits per heavy atom. The number of rotatable bonds is 5. The van der Waals surface area contributed by atoms with Crippen LogP contribution in [-0.2, 0) is 14.6 Å². The summed E-state index contributed by atoms with van der Waals surface area (Å²) in [5.74, 6) is 0.776. The zero-order chi connectivity index (χ0) is 17.2. The minimum atomic E-state index is -2.99. The second kappa shape index (κ2) is 6.94. The molecular weight excluding hydrogens is 348 g/mol. The Hall–Kier alpha value is -1.87. The van der Waals surface area contributed by atoms with E-state index in [1.165, 1.54) is 17.3 Å². The number of thioether (sulfide) groups is 1. The molecule has 1 aromatic carbocycles. The highest BCUT2D eigenvalue weighted by Crippen LogP contribution is 2.19. The molecule has 0 saturated carbocycles. The fourth-order valence-corrected chi connectivity index (χ4v) is 4.74. The number of hydrogen-bond donors (Lipinski definition) is 2. The molecular formula is C15H18N4O3S2. The van der Waals surface area contributed by atoms with Gasteiger partial charge in [-0.25, -0.2) is 13.4 Å². The van der Waals surface area contributed by atoms with E-state index in [4.69, 9.17) is 0 Å². The van der Waals surface area contributed by atoms with Crippen LogP contribution in [0.15, 0.2) is 29.4 Å². The number of amides is 1. The fraction of sp³-hybridized carbons (Fsp3) is 0.400. The van der Waals surface area contributed by atoms with Gasteiger partial charge in [-0.1, -0.05) is 41.6 Å². The lowest BCUT2D eigenvalue weighted by Gasteiger charge is -2.09. The highest BCUT2D eigenvalue weighted by molar-refractivity contribution is 7.99. The second-order valence-corrected chi connectivity index (χ2v) is 8.96. The lowest BCUT2D eigenvalue weighted by molar-refractivity contribution is -0.119. The molecule has 128 valence electrons. The maximum Gasteiger partial charge on any atom is 0.230 e. The molecule has 7 nitrogen and oxygen atoms in total. The van der Waals surface area contributed by atoms with Crippen molar-refractivity contribution < 1.29 is 13.2 Å². The molecule has 2 aromatic rings. The number of H-pyrrole nitrogens is 1. The summed E-state index contributed by atoms with van der Waals surface area (Å²) in [6.45, 7) is 2.01. The molecule has 1 fully saturated rings. The zero-order valence-corrected chi connectivity index (χ0v) is 14.8. The van der Waals surface area contributed by atoms with Crippen LogP contribution < -0.4 is 5.32 Å². The molecule has 0 unspecified atom stereocenters. The topological polar surface area (TPSA) is 105 Å². The van der Waals surface area contributed by atoms with Crippen LogP contribution in [0.4, 0.5) is 0 Å². The summed E-state index contributed by atoms with van der Waals surface area (Å²) < 4.78 is 22.8. The van der Waals surface area contributed by atoms with Crippen LogP contribution in [-0.4, -0.2) is 52.8 Å². The number of aromatic amines is 1. The van der Waals surface area contributed by atoms with E-state index in [0.717, 1.165) is 5.56 Å². The van der Waals surface area contributed by atoms with Gasteiger partial charge in [0.2, 0.25) is 11.1 Å². The van der Waals surface area contributed by atoms with Crippen molar-refractivity contribution in [2.45, 2.75) is 24.5 Å². The molecule has 2 N–H and O–H groups in total. The van der Waals surface area contributed by atoms with Gasteiger partial charge < -0.3 is 5.32 Å². The minimum absolute atomic E-state index is 0.0294. The van der Waals surface area contributed by atoms with E-state index in [-0.39, 0.29) is 29.2 Å². The van der Waals surface area contributed by atoms with Crippen LogP contribution in [0.3, 0.4) is 0 Å². The van der Waals surface area contributed by atoms with Crippen LogP contribution in [0.5, 0.6) is 0 Å². The van der Waals surface area contributed by atoms with Crippen molar-refractivity contribution in [2.24, 2.45) is 0 Å². The van der Waals surface area contributed by atoms with Crippen molar-refractivity contribution >= 4 is 27.5 Å². The summed E-state index contributed by atoms with van der Waals surface area (Å²) in [7, 11) is -2.99. The van der Waals surface area contributed by atoms with Crippen LogP contribution in [0, 0.1) is 6.92 Å². The maximum absolute atomic E-state index is 11.9. The Morgan fingerprint density at radius 3 is 2.79 bits per heavy atom. The molecule has 0 aliphatic carbocycles. The van der Waals surface area contributed by atoms with Crippen molar-refractivity contribution in [1.29, 1.82) is 0 Å². The Bertz CT molecular complexity index is 831. The first kappa shape index (κ1) is 17.0. The zero-order valence-electron chi connectivity index (χ0n) is 13.2.